The third-order valence-electron chi connectivity index (χ3n) is 4.78. The number of imidazole rings is 1. The van der Waals surface area contributed by atoms with Crippen molar-refractivity contribution in [2.45, 2.75) is 45.6 Å². The highest BCUT2D eigenvalue weighted by molar-refractivity contribution is 5.92. The molecular formula is C17H22N2O2. The molecule has 0 saturated heterocycles. The van der Waals surface area contributed by atoms with Crippen molar-refractivity contribution >= 4 is 17.0 Å². The van der Waals surface area contributed by atoms with E-state index in [0.717, 1.165) is 35.8 Å². The normalized spacial score (nSPS) is 22.5. The van der Waals surface area contributed by atoms with Crippen molar-refractivity contribution in [2.24, 2.45) is 11.8 Å². The summed E-state index contributed by atoms with van der Waals surface area (Å²) in [6, 6.07) is 5.13. The number of rotatable bonds is 4. The van der Waals surface area contributed by atoms with Crippen molar-refractivity contribution in [1.82, 2.24) is 9.55 Å². The summed E-state index contributed by atoms with van der Waals surface area (Å²) in [5, 5.41) is 9.10. The maximum Gasteiger partial charge on any atom is 0.335 e. The first-order chi connectivity index (χ1) is 10.1. The molecule has 1 aromatic carbocycles. The second-order valence-electron chi connectivity index (χ2n) is 6.36. The molecule has 1 fully saturated rings. The van der Waals surface area contributed by atoms with Crippen molar-refractivity contribution in [1.29, 1.82) is 0 Å². The average Bonchev–Trinajstić information content (AvgIpc) is 2.89. The smallest absolute Gasteiger partial charge is 0.335 e. The monoisotopic (exact) mass is 286 g/mol. The van der Waals surface area contributed by atoms with Crippen LogP contribution < -0.4 is 0 Å². The lowest BCUT2D eigenvalue weighted by Crippen LogP contribution is -2.14. The van der Waals surface area contributed by atoms with Gasteiger partial charge in [0.15, 0.2) is 0 Å². The molecule has 4 heteroatoms. The van der Waals surface area contributed by atoms with Crippen LogP contribution in [0.4, 0.5) is 0 Å². The Kier molecular flexibility index (Phi) is 3.95. The number of nitrogens with zero attached hydrogens (tertiary/aromatic N) is 2. The van der Waals surface area contributed by atoms with E-state index in [9.17, 15) is 4.79 Å². The van der Waals surface area contributed by atoms with Crippen LogP contribution in [0, 0.1) is 11.8 Å². The third-order valence-corrected chi connectivity index (χ3v) is 4.78. The topological polar surface area (TPSA) is 55.1 Å². The molecule has 0 amide bonds. The Labute approximate surface area is 124 Å². The van der Waals surface area contributed by atoms with Gasteiger partial charge in [-0.25, -0.2) is 9.78 Å². The van der Waals surface area contributed by atoms with Gasteiger partial charge in [-0.1, -0.05) is 32.6 Å². The number of aromatic carboxylic acids is 1. The van der Waals surface area contributed by atoms with E-state index in [1.807, 2.05) is 6.33 Å². The maximum atomic E-state index is 11.1. The maximum absolute atomic E-state index is 11.1. The van der Waals surface area contributed by atoms with Crippen LogP contribution in [0.5, 0.6) is 0 Å². The van der Waals surface area contributed by atoms with Gasteiger partial charge in [0.25, 0.3) is 0 Å². The molecule has 0 atom stereocenters. The summed E-state index contributed by atoms with van der Waals surface area (Å²) in [5.41, 5.74) is 2.13. The molecule has 2 aromatic rings. The summed E-state index contributed by atoms with van der Waals surface area (Å²) in [4.78, 5) is 15.4. The van der Waals surface area contributed by atoms with Crippen LogP contribution in [0.15, 0.2) is 24.5 Å². The van der Waals surface area contributed by atoms with E-state index in [1.165, 1.54) is 25.7 Å². The minimum Gasteiger partial charge on any atom is -0.478 e. The number of aryl methyl sites for hydroxylation is 1. The van der Waals surface area contributed by atoms with Gasteiger partial charge in [0.1, 0.15) is 0 Å². The van der Waals surface area contributed by atoms with Crippen molar-refractivity contribution in [3.63, 3.8) is 0 Å². The number of carbonyl (C=O) groups is 1. The molecule has 0 spiro atoms. The predicted molar refractivity (Wildman–Crippen MR) is 82.4 cm³/mol. The number of hydrogen-bond acceptors (Lipinski definition) is 2. The van der Waals surface area contributed by atoms with E-state index in [0.29, 0.717) is 5.56 Å². The van der Waals surface area contributed by atoms with Crippen LogP contribution in [0.3, 0.4) is 0 Å². The van der Waals surface area contributed by atoms with E-state index < -0.39 is 5.97 Å². The van der Waals surface area contributed by atoms with Crippen LogP contribution in [0.1, 0.15) is 49.4 Å². The predicted octanol–water partition coefficient (Wildman–Crippen LogP) is 3.95. The molecule has 1 heterocycles. The molecule has 0 unspecified atom stereocenters. The Morgan fingerprint density at radius 2 is 2.10 bits per heavy atom. The van der Waals surface area contributed by atoms with Crippen LogP contribution in [-0.4, -0.2) is 20.6 Å². The number of fused-ring (bicyclic) bond motifs is 1. The lowest BCUT2D eigenvalue weighted by molar-refractivity contribution is 0.0697. The standard InChI is InChI=1S/C17H22N2O2/c1-12-2-4-13(5-3-12)8-9-19-11-18-15-7-6-14(17(20)21)10-16(15)19/h6-7,10-13H,2-5,8-9H2,1H3,(H,20,21). The largest absolute Gasteiger partial charge is 0.478 e. The van der Waals surface area contributed by atoms with Crippen LogP contribution >= 0.6 is 0 Å². The molecular weight excluding hydrogens is 264 g/mol. The van der Waals surface area contributed by atoms with Crippen LogP contribution in [0.2, 0.25) is 0 Å². The van der Waals surface area contributed by atoms with E-state index in [-0.39, 0.29) is 0 Å². The molecule has 0 bridgehead atoms. The highest BCUT2D eigenvalue weighted by Gasteiger charge is 2.18. The zero-order valence-corrected chi connectivity index (χ0v) is 12.5. The highest BCUT2D eigenvalue weighted by atomic mass is 16.4. The number of carboxylic acids is 1. The number of carboxylic acid groups (broad SMARTS) is 1. The van der Waals surface area contributed by atoms with Gasteiger partial charge in [-0.2, -0.15) is 0 Å². The molecule has 21 heavy (non-hydrogen) atoms. The van der Waals surface area contributed by atoms with Gasteiger partial charge in [0, 0.05) is 6.54 Å². The quantitative estimate of drug-likeness (QED) is 0.925. The molecule has 112 valence electrons. The van der Waals surface area contributed by atoms with Crippen LogP contribution in [-0.2, 0) is 6.54 Å². The summed E-state index contributed by atoms with van der Waals surface area (Å²) >= 11 is 0. The molecule has 1 aromatic heterocycles. The fraction of sp³-hybridized carbons (Fsp3) is 0.529. The second-order valence-corrected chi connectivity index (χ2v) is 6.36. The van der Waals surface area contributed by atoms with Gasteiger partial charge in [-0.15, -0.1) is 0 Å². The molecule has 1 N–H and O–H groups in total. The highest BCUT2D eigenvalue weighted by Crippen LogP contribution is 2.31. The van der Waals surface area contributed by atoms with Crippen molar-refractivity contribution in [3.8, 4) is 0 Å². The molecule has 3 rings (SSSR count). The fourth-order valence-electron chi connectivity index (χ4n) is 3.31. The fourth-order valence-corrected chi connectivity index (χ4v) is 3.31. The van der Waals surface area contributed by atoms with Gasteiger partial charge in [0.05, 0.1) is 22.9 Å². The SMILES string of the molecule is CC1CCC(CCn2cnc3ccc(C(=O)O)cc32)CC1. The van der Waals surface area contributed by atoms with E-state index in [4.69, 9.17) is 5.11 Å². The molecule has 0 radical (unpaired) electrons. The first-order valence-corrected chi connectivity index (χ1v) is 7.81. The summed E-state index contributed by atoms with van der Waals surface area (Å²) in [6.45, 7) is 3.27. The summed E-state index contributed by atoms with van der Waals surface area (Å²) in [7, 11) is 0. The number of hydrogen-bond donors (Lipinski definition) is 1. The lowest BCUT2D eigenvalue weighted by atomic mass is 9.81. The Hall–Kier alpha value is -1.84. The Morgan fingerprint density at radius 3 is 2.81 bits per heavy atom. The minimum atomic E-state index is -0.883. The average molecular weight is 286 g/mol. The van der Waals surface area contributed by atoms with Gasteiger partial charge < -0.3 is 9.67 Å². The first-order valence-electron chi connectivity index (χ1n) is 7.81. The van der Waals surface area contributed by atoms with Gasteiger partial charge in [0.2, 0.25) is 0 Å². The molecule has 1 aliphatic carbocycles. The zero-order valence-electron chi connectivity index (χ0n) is 12.5. The number of aromatic nitrogens is 2. The van der Waals surface area contributed by atoms with E-state index in [2.05, 4.69) is 16.5 Å². The molecule has 4 nitrogen and oxygen atoms in total. The summed E-state index contributed by atoms with van der Waals surface area (Å²) in [5.74, 6) is 0.806. The molecule has 0 aliphatic heterocycles. The zero-order chi connectivity index (χ0) is 14.8. The van der Waals surface area contributed by atoms with E-state index >= 15 is 0 Å². The van der Waals surface area contributed by atoms with Gasteiger partial charge in [-0.3, -0.25) is 0 Å². The Bertz CT molecular complexity index is 639. The van der Waals surface area contributed by atoms with Crippen LogP contribution in [0.25, 0.3) is 11.0 Å². The summed E-state index contributed by atoms with van der Waals surface area (Å²) in [6.07, 6.45) is 8.34. The van der Waals surface area contributed by atoms with Crippen molar-refractivity contribution < 1.29 is 9.90 Å². The first kappa shape index (κ1) is 14.1. The van der Waals surface area contributed by atoms with Gasteiger partial charge >= 0.3 is 5.97 Å². The Morgan fingerprint density at radius 1 is 1.33 bits per heavy atom. The van der Waals surface area contributed by atoms with Crippen molar-refractivity contribution in [3.05, 3.63) is 30.1 Å². The lowest BCUT2D eigenvalue weighted by Gasteiger charge is -2.26. The minimum absolute atomic E-state index is 0.329. The molecule has 1 aliphatic rings. The Balaban J connectivity index is 1.71. The number of benzene rings is 1. The van der Waals surface area contributed by atoms with Crippen molar-refractivity contribution in [2.75, 3.05) is 0 Å². The third kappa shape index (κ3) is 3.09. The van der Waals surface area contributed by atoms with Gasteiger partial charge in [-0.05, 0) is 36.5 Å². The summed E-state index contributed by atoms with van der Waals surface area (Å²) < 4.78 is 2.10. The van der Waals surface area contributed by atoms with E-state index in [1.54, 1.807) is 18.2 Å². The molecule has 1 saturated carbocycles. The second kappa shape index (κ2) is 5.88.